The van der Waals surface area contributed by atoms with Gasteiger partial charge in [0.05, 0.1) is 25.1 Å². The van der Waals surface area contributed by atoms with Crippen molar-refractivity contribution in [2.75, 3.05) is 48.9 Å². The summed E-state index contributed by atoms with van der Waals surface area (Å²) in [5.41, 5.74) is 1.85. The molecule has 9 heteroatoms. The number of nitrogens with zero attached hydrogens (tertiary/aromatic N) is 4. The van der Waals surface area contributed by atoms with Crippen molar-refractivity contribution in [2.24, 2.45) is 0 Å². The van der Waals surface area contributed by atoms with Crippen molar-refractivity contribution in [2.45, 2.75) is 6.54 Å². The predicted octanol–water partition coefficient (Wildman–Crippen LogP) is 0.667. The van der Waals surface area contributed by atoms with Crippen molar-refractivity contribution < 1.29 is 4.74 Å². The molecule has 0 amide bonds. The summed E-state index contributed by atoms with van der Waals surface area (Å²) in [5.74, 6) is 2.29. The van der Waals surface area contributed by atoms with Crippen molar-refractivity contribution in [1.82, 2.24) is 19.3 Å². The molecule has 2 aromatic heterocycles. The first kappa shape index (κ1) is 16.9. The van der Waals surface area contributed by atoms with E-state index in [0.29, 0.717) is 12.5 Å². The fourth-order valence-electron chi connectivity index (χ4n) is 2.49. The first-order chi connectivity index (χ1) is 11.8. The summed E-state index contributed by atoms with van der Waals surface area (Å²) in [5, 5.41) is 6.27. The number of hydrogen-bond donors (Lipinski definition) is 3. The van der Waals surface area contributed by atoms with Gasteiger partial charge in [0, 0.05) is 38.4 Å². The van der Waals surface area contributed by atoms with Crippen LogP contribution < -0.4 is 19.8 Å². The third-order valence-electron chi connectivity index (χ3n) is 3.73. The summed E-state index contributed by atoms with van der Waals surface area (Å²) < 4.78 is 8.38. The maximum absolute atomic E-state index is 5.36. The Bertz CT molecular complexity index is 661. The maximum Gasteiger partial charge on any atom is 0.251 e. The molecule has 3 rings (SSSR count). The average Bonchev–Trinajstić information content (AvgIpc) is 2.64. The Morgan fingerprint density at radius 3 is 2.71 bits per heavy atom. The molecule has 0 unspecified atom stereocenters. The molecule has 0 spiro atoms. The number of ether oxygens (including phenoxy) is 1. The summed E-state index contributed by atoms with van der Waals surface area (Å²) in [6, 6.07) is 3.98. The van der Waals surface area contributed by atoms with Gasteiger partial charge < -0.3 is 24.6 Å². The Balaban J connectivity index is 1.69. The van der Waals surface area contributed by atoms with Crippen LogP contribution in [0, 0.1) is 0 Å². The lowest BCUT2D eigenvalue weighted by Gasteiger charge is -2.27. The van der Waals surface area contributed by atoms with Gasteiger partial charge in [0.1, 0.15) is 11.6 Å². The smallest absolute Gasteiger partial charge is 0.251 e. The Morgan fingerprint density at radius 2 is 2.04 bits per heavy atom. The molecule has 1 aliphatic rings. The number of morpholine rings is 1. The molecule has 0 saturated carbocycles. The largest absolute Gasteiger partial charge is 0.411 e. The van der Waals surface area contributed by atoms with E-state index in [0.717, 1.165) is 49.2 Å². The fraction of sp³-hybridized carbons (Fsp3) is 0.400. The van der Waals surface area contributed by atoms with E-state index in [9.17, 15) is 0 Å². The zero-order chi connectivity index (χ0) is 16.8. The lowest BCUT2D eigenvalue weighted by Crippen LogP contribution is -2.36. The van der Waals surface area contributed by atoms with E-state index in [1.807, 2.05) is 19.2 Å². The minimum atomic E-state index is 0.535. The first-order valence-electron chi connectivity index (χ1n) is 7.83. The first-order valence-corrected chi connectivity index (χ1v) is 8.41. The van der Waals surface area contributed by atoms with Crippen molar-refractivity contribution in [3.8, 4) is 0 Å². The van der Waals surface area contributed by atoms with Gasteiger partial charge in [-0.15, -0.1) is 0 Å². The normalized spacial score (nSPS) is 14.5. The van der Waals surface area contributed by atoms with Crippen LogP contribution in [0.15, 0.2) is 24.5 Å². The molecule has 124 valence electrons. The highest BCUT2D eigenvalue weighted by Crippen LogP contribution is 2.19. The molecule has 1 aliphatic heterocycles. The molecule has 1 fully saturated rings. The van der Waals surface area contributed by atoms with Crippen LogP contribution in [-0.2, 0) is 11.3 Å². The van der Waals surface area contributed by atoms with Crippen LogP contribution in [0.4, 0.5) is 23.3 Å². The van der Waals surface area contributed by atoms with E-state index in [1.54, 1.807) is 12.4 Å². The third-order valence-corrected chi connectivity index (χ3v) is 3.94. The number of hydrogen-bond acceptors (Lipinski definition) is 8. The highest BCUT2D eigenvalue weighted by atomic mass is 27.1. The second-order valence-electron chi connectivity index (χ2n) is 5.33. The zero-order valence-corrected chi connectivity index (χ0v) is 14.8. The maximum atomic E-state index is 5.36. The molecule has 2 aromatic rings. The van der Waals surface area contributed by atoms with Gasteiger partial charge in [-0.05, 0) is 12.1 Å². The van der Waals surface area contributed by atoms with Crippen molar-refractivity contribution >= 4 is 39.8 Å². The van der Waals surface area contributed by atoms with Crippen molar-refractivity contribution in [3.63, 3.8) is 0 Å². The summed E-state index contributed by atoms with van der Waals surface area (Å²) in [6.07, 6.45) is 3.60. The highest BCUT2D eigenvalue weighted by molar-refractivity contribution is 6.04. The summed E-state index contributed by atoms with van der Waals surface area (Å²) in [7, 11) is 1.84. The molecule has 0 aliphatic carbocycles. The molecule has 8 nitrogen and oxygen atoms in total. The quantitative estimate of drug-likeness (QED) is 0.661. The van der Waals surface area contributed by atoms with Gasteiger partial charge in [-0.25, -0.2) is 9.97 Å². The van der Waals surface area contributed by atoms with Crippen LogP contribution in [0.2, 0.25) is 0 Å². The number of pyridine rings is 1. The Morgan fingerprint density at radius 1 is 1.21 bits per heavy atom. The van der Waals surface area contributed by atoms with Crippen molar-refractivity contribution in [3.05, 3.63) is 30.1 Å². The summed E-state index contributed by atoms with van der Waals surface area (Å²) in [4.78, 5) is 15.6. The predicted molar refractivity (Wildman–Crippen MR) is 94.7 cm³/mol. The van der Waals surface area contributed by atoms with Crippen LogP contribution in [0.5, 0.6) is 0 Å². The van der Waals surface area contributed by atoms with E-state index in [1.165, 1.54) is 0 Å². The second kappa shape index (κ2) is 8.26. The van der Waals surface area contributed by atoms with Gasteiger partial charge in [-0.3, -0.25) is 0 Å². The van der Waals surface area contributed by atoms with E-state index in [-0.39, 0.29) is 0 Å². The van der Waals surface area contributed by atoms with Crippen LogP contribution in [0.3, 0.4) is 0 Å². The van der Waals surface area contributed by atoms with Gasteiger partial charge in [0.2, 0.25) is 5.95 Å². The number of anilines is 4. The molecule has 3 heterocycles. The number of nitrogens with one attached hydrogen (secondary N) is 3. The van der Waals surface area contributed by atoms with Gasteiger partial charge >= 0.3 is 0 Å². The molecule has 0 bridgehead atoms. The molecule has 3 N–H and O–H groups in total. The molecule has 0 atom stereocenters. The molecule has 2 radical (unpaired) electrons. The Hall–Kier alpha value is -1.92. The van der Waals surface area contributed by atoms with Gasteiger partial charge in [-0.1, -0.05) is 0 Å². The Kier molecular flexibility index (Phi) is 5.83. The van der Waals surface area contributed by atoms with Crippen LogP contribution in [-0.4, -0.2) is 64.8 Å². The minimum absolute atomic E-state index is 0.535. The molecule has 0 aromatic carbocycles. The SMILES string of the molecule is CNc1nc(Nc2ccc(N3CCOCC3)nc2)ncc1C[NH][Al]. The standard InChI is InChI=1S/C15H20N7O.Al/c1-17-14-11(8-16)9-19-15(21-14)20-12-2-3-13(18-10-12)22-4-6-23-7-5-22;/h2-3,9-10,16H,4-8H2,1H3,(H2,17,19,20,21);/q-1;+1. The lowest BCUT2D eigenvalue weighted by molar-refractivity contribution is 0.122. The molecular weight excluding hydrogens is 321 g/mol. The van der Waals surface area contributed by atoms with E-state index >= 15 is 0 Å². The zero-order valence-electron chi connectivity index (χ0n) is 13.6. The minimum Gasteiger partial charge on any atom is -0.411 e. The molecule has 24 heavy (non-hydrogen) atoms. The van der Waals surface area contributed by atoms with E-state index in [4.69, 9.17) is 4.74 Å². The number of aromatic nitrogens is 3. The summed E-state index contributed by atoms with van der Waals surface area (Å²) in [6.45, 7) is 3.93. The van der Waals surface area contributed by atoms with Gasteiger partial charge in [0.25, 0.3) is 16.5 Å². The van der Waals surface area contributed by atoms with E-state index in [2.05, 4.69) is 51.3 Å². The molecule has 1 saturated heterocycles. The van der Waals surface area contributed by atoms with Crippen LogP contribution in [0.1, 0.15) is 5.56 Å². The van der Waals surface area contributed by atoms with Crippen LogP contribution >= 0.6 is 0 Å². The highest BCUT2D eigenvalue weighted by Gasteiger charge is 2.12. The summed E-state index contributed by atoms with van der Waals surface area (Å²) >= 11 is 2.47. The Labute approximate surface area is 149 Å². The average molecular weight is 341 g/mol. The van der Waals surface area contributed by atoms with Crippen molar-refractivity contribution in [1.29, 1.82) is 0 Å². The fourth-order valence-corrected chi connectivity index (χ4v) is 2.71. The van der Waals surface area contributed by atoms with E-state index < -0.39 is 0 Å². The number of rotatable bonds is 6. The lowest BCUT2D eigenvalue weighted by atomic mass is 10.3. The van der Waals surface area contributed by atoms with Gasteiger partial charge in [0.15, 0.2) is 0 Å². The molecular formula is C15H20AlN7O. The monoisotopic (exact) mass is 341 g/mol. The van der Waals surface area contributed by atoms with Gasteiger partial charge in [-0.2, -0.15) is 4.98 Å². The van der Waals surface area contributed by atoms with Crippen LogP contribution in [0.25, 0.3) is 0 Å². The second-order valence-corrected chi connectivity index (χ2v) is 5.74. The third kappa shape index (κ3) is 4.13. The topological polar surface area (TPSA) is 87.2 Å².